The van der Waals surface area contributed by atoms with E-state index in [1.54, 1.807) is 0 Å². The van der Waals surface area contributed by atoms with Gasteiger partial charge in [0, 0.05) is 13.5 Å². The lowest BCUT2D eigenvalue weighted by Crippen LogP contribution is -2.37. The lowest BCUT2D eigenvalue weighted by atomic mass is 9.83. The Morgan fingerprint density at radius 2 is 2.00 bits per heavy atom. The maximum absolute atomic E-state index is 10.6. The van der Waals surface area contributed by atoms with Crippen molar-refractivity contribution in [2.24, 2.45) is 13.0 Å². The molecule has 0 fully saturated rings. The van der Waals surface area contributed by atoms with E-state index in [0.717, 1.165) is 28.7 Å². The minimum Gasteiger partial charge on any atom is -0.389 e. The molecule has 4 heteroatoms. The summed E-state index contributed by atoms with van der Waals surface area (Å²) in [4.78, 5) is 0. The van der Waals surface area contributed by atoms with Crippen LogP contribution in [0.4, 0.5) is 0 Å². The Morgan fingerprint density at radius 3 is 2.35 bits per heavy atom. The van der Waals surface area contributed by atoms with E-state index in [-0.39, 0.29) is 5.92 Å². The summed E-state index contributed by atoms with van der Waals surface area (Å²) in [5.41, 5.74) is 1.49. The summed E-state index contributed by atoms with van der Waals surface area (Å²) < 4.78 is 2.93. The number of hydrogen-bond acceptors (Lipinski definition) is 2. The lowest BCUT2D eigenvalue weighted by molar-refractivity contribution is -0.00996. The molecule has 1 aromatic heterocycles. The van der Waals surface area contributed by atoms with Gasteiger partial charge in [0.25, 0.3) is 0 Å². The topological polar surface area (TPSA) is 38.0 Å². The smallest absolute Gasteiger partial charge is 0.0766 e. The quantitative estimate of drug-likeness (QED) is 0.908. The van der Waals surface area contributed by atoms with Gasteiger partial charge in [-0.1, -0.05) is 27.7 Å². The van der Waals surface area contributed by atoms with E-state index in [0.29, 0.717) is 6.42 Å². The van der Waals surface area contributed by atoms with Crippen molar-refractivity contribution in [1.29, 1.82) is 0 Å². The molecule has 0 radical (unpaired) electrons. The van der Waals surface area contributed by atoms with Gasteiger partial charge in [0.2, 0.25) is 0 Å². The van der Waals surface area contributed by atoms with Crippen LogP contribution >= 0.6 is 15.9 Å². The van der Waals surface area contributed by atoms with Gasteiger partial charge < -0.3 is 5.11 Å². The predicted octanol–water partition coefficient (Wildman–Crippen LogP) is 3.08. The second-order valence-electron chi connectivity index (χ2n) is 4.97. The van der Waals surface area contributed by atoms with Gasteiger partial charge in [-0.15, -0.1) is 0 Å². The molecule has 0 aliphatic rings. The third-order valence-corrected chi connectivity index (χ3v) is 4.58. The Bertz CT molecular complexity index is 387. The van der Waals surface area contributed by atoms with E-state index in [4.69, 9.17) is 0 Å². The largest absolute Gasteiger partial charge is 0.389 e. The van der Waals surface area contributed by atoms with Crippen molar-refractivity contribution in [3.63, 3.8) is 0 Å². The van der Waals surface area contributed by atoms with Crippen LogP contribution in [0.25, 0.3) is 0 Å². The van der Waals surface area contributed by atoms with Crippen molar-refractivity contribution in [3.05, 3.63) is 15.9 Å². The fourth-order valence-corrected chi connectivity index (χ4v) is 2.80. The summed E-state index contributed by atoms with van der Waals surface area (Å²) >= 11 is 3.60. The Labute approximate surface area is 112 Å². The van der Waals surface area contributed by atoms with Crippen LogP contribution in [0.15, 0.2) is 4.47 Å². The number of aliphatic hydroxyl groups is 1. The molecule has 1 heterocycles. The standard InChI is InChI=1S/C13H23BrN2O/c1-6-10-12(14)11(16(5)15-10)8-13(17,7-2)9(3)4/h9,17H,6-8H2,1-5H3. The number of hydrogen-bond donors (Lipinski definition) is 1. The number of rotatable bonds is 5. The molecule has 1 atom stereocenters. The number of aryl methyl sites for hydroxylation is 2. The molecule has 0 spiro atoms. The van der Waals surface area contributed by atoms with Crippen molar-refractivity contribution in [3.8, 4) is 0 Å². The van der Waals surface area contributed by atoms with E-state index in [9.17, 15) is 5.11 Å². The van der Waals surface area contributed by atoms with Crippen molar-refractivity contribution in [2.45, 2.75) is 52.6 Å². The number of halogens is 1. The average Bonchev–Trinajstić information content (AvgIpc) is 2.55. The SMILES string of the molecule is CCc1nn(C)c(CC(O)(CC)C(C)C)c1Br. The summed E-state index contributed by atoms with van der Waals surface area (Å²) in [6, 6.07) is 0. The van der Waals surface area contributed by atoms with Gasteiger partial charge in [0.1, 0.15) is 0 Å². The zero-order chi connectivity index (χ0) is 13.2. The Kier molecular flexibility index (Phi) is 4.78. The van der Waals surface area contributed by atoms with Gasteiger partial charge in [-0.3, -0.25) is 4.68 Å². The van der Waals surface area contributed by atoms with Crippen LogP contribution in [0, 0.1) is 5.92 Å². The number of aromatic nitrogens is 2. The molecule has 0 saturated carbocycles. The molecule has 0 amide bonds. The molecule has 98 valence electrons. The van der Waals surface area contributed by atoms with Crippen LogP contribution in [0.3, 0.4) is 0 Å². The molecule has 17 heavy (non-hydrogen) atoms. The molecule has 0 aliphatic carbocycles. The highest BCUT2D eigenvalue weighted by atomic mass is 79.9. The predicted molar refractivity (Wildman–Crippen MR) is 74.1 cm³/mol. The summed E-state index contributed by atoms with van der Waals surface area (Å²) in [7, 11) is 1.94. The monoisotopic (exact) mass is 302 g/mol. The maximum atomic E-state index is 10.6. The highest BCUT2D eigenvalue weighted by Gasteiger charge is 2.31. The molecule has 0 aromatic carbocycles. The molecule has 0 saturated heterocycles. The molecule has 1 rings (SSSR count). The fourth-order valence-electron chi connectivity index (χ4n) is 2.04. The van der Waals surface area contributed by atoms with Gasteiger partial charge in [-0.2, -0.15) is 5.10 Å². The van der Waals surface area contributed by atoms with E-state index < -0.39 is 5.60 Å². The van der Waals surface area contributed by atoms with Crippen LogP contribution in [0.5, 0.6) is 0 Å². The van der Waals surface area contributed by atoms with Crippen LogP contribution < -0.4 is 0 Å². The third kappa shape index (κ3) is 2.91. The second-order valence-corrected chi connectivity index (χ2v) is 5.77. The fraction of sp³-hybridized carbons (Fsp3) is 0.769. The molecule has 1 aromatic rings. The summed E-state index contributed by atoms with van der Waals surface area (Å²) in [5.74, 6) is 0.236. The van der Waals surface area contributed by atoms with Gasteiger partial charge >= 0.3 is 0 Å². The van der Waals surface area contributed by atoms with Crippen molar-refractivity contribution in [1.82, 2.24) is 9.78 Å². The van der Waals surface area contributed by atoms with Crippen molar-refractivity contribution >= 4 is 15.9 Å². The molecular formula is C13H23BrN2O. The minimum atomic E-state index is -0.651. The Hall–Kier alpha value is -0.350. The second kappa shape index (κ2) is 5.53. The van der Waals surface area contributed by atoms with Crippen LogP contribution in [-0.4, -0.2) is 20.5 Å². The van der Waals surface area contributed by atoms with Gasteiger partial charge in [-0.25, -0.2) is 0 Å². The van der Waals surface area contributed by atoms with Crippen LogP contribution in [0.1, 0.15) is 45.5 Å². The zero-order valence-corrected chi connectivity index (χ0v) is 13.0. The first-order valence-electron chi connectivity index (χ1n) is 6.28. The van der Waals surface area contributed by atoms with Gasteiger partial charge in [0.05, 0.1) is 21.5 Å². The third-order valence-electron chi connectivity index (χ3n) is 3.66. The maximum Gasteiger partial charge on any atom is 0.0766 e. The van der Waals surface area contributed by atoms with Crippen molar-refractivity contribution in [2.75, 3.05) is 0 Å². The average molecular weight is 303 g/mol. The van der Waals surface area contributed by atoms with E-state index in [2.05, 4.69) is 41.8 Å². The molecule has 0 aliphatic heterocycles. The minimum absolute atomic E-state index is 0.236. The molecule has 3 nitrogen and oxygen atoms in total. The Morgan fingerprint density at radius 1 is 1.41 bits per heavy atom. The normalized spacial score (nSPS) is 15.3. The first kappa shape index (κ1) is 14.7. The van der Waals surface area contributed by atoms with Gasteiger partial charge in [0.15, 0.2) is 0 Å². The highest BCUT2D eigenvalue weighted by Crippen LogP contribution is 2.30. The molecule has 0 bridgehead atoms. The zero-order valence-electron chi connectivity index (χ0n) is 11.4. The Balaban J connectivity index is 3.06. The highest BCUT2D eigenvalue weighted by molar-refractivity contribution is 9.10. The molecule has 1 N–H and O–H groups in total. The number of nitrogens with zero attached hydrogens (tertiary/aromatic N) is 2. The van der Waals surface area contributed by atoms with E-state index >= 15 is 0 Å². The molecular weight excluding hydrogens is 280 g/mol. The summed E-state index contributed by atoms with van der Waals surface area (Å²) in [6.45, 7) is 8.25. The van der Waals surface area contributed by atoms with Gasteiger partial charge in [-0.05, 0) is 34.7 Å². The summed E-state index contributed by atoms with van der Waals surface area (Å²) in [5, 5.41) is 15.1. The first-order valence-corrected chi connectivity index (χ1v) is 7.07. The molecule has 1 unspecified atom stereocenters. The van der Waals surface area contributed by atoms with E-state index in [1.165, 1.54) is 0 Å². The first-order chi connectivity index (χ1) is 7.85. The van der Waals surface area contributed by atoms with Crippen LogP contribution in [-0.2, 0) is 19.9 Å². The summed E-state index contributed by atoms with van der Waals surface area (Å²) in [6.07, 6.45) is 2.30. The lowest BCUT2D eigenvalue weighted by Gasteiger charge is -2.31. The van der Waals surface area contributed by atoms with Crippen LogP contribution in [0.2, 0.25) is 0 Å². The van der Waals surface area contributed by atoms with Crippen molar-refractivity contribution < 1.29 is 5.11 Å². The van der Waals surface area contributed by atoms with E-state index in [1.807, 2.05) is 18.7 Å².